The van der Waals surface area contributed by atoms with E-state index in [-0.39, 0.29) is 5.91 Å². The highest BCUT2D eigenvalue weighted by Crippen LogP contribution is 2.19. The van der Waals surface area contributed by atoms with Gasteiger partial charge in [0.25, 0.3) is 5.91 Å². The molecule has 1 unspecified atom stereocenters. The Kier molecular flexibility index (Phi) is 5.05. The lowest BCUT2D eigenvalue weighted by atomic mass is 10.1. The number of carbonyl (C=O) groups is 1. The molecule has 1 saturated heterocycles. The monoisotopic (exact) mass is 327 g/mol. The zero-order valence-electron chi connectivity index (χ0n) is 11.7. The maximum absolute atomic E-state index is 12.6. The number of hydrogen-bond donors (Lipinski definition) is 1. The van der Waals surface area contributed by atoms with Gasteiger partial charge >= 0.3 is 0 Å². The summed E-state index contributed by atoms with van der Waals surface area (Å²) in [6.07, 6.45) is 5.24. The van der Waals surface area contributed by atoms with E-state index in [0.29, 0.717) is 6.04 Å². The van der Waals surface area contributed by atoms with Crippen LogP contribution in [0.3, 0.4) is 0 Å². The first-order valence-electron chi connectivity index (χ1n) is 6.97. The Morgan fingerprint density at radius 1 is 1.63 bits per heavy atom. The highest BCUT2D eigenvalue weighted by Gasteiger charge is 2.24. The van der Waals surface area contributed by atoms with Crippen molar-refractivity contribution in [3.05, 3.63) is 22.4 Å². The Bertz CT molecular complexity index is 438. The average molecular weight is 328 g/mol. The van der Waals surface area contributed by atoms with E-state index in [4.69, 9.17) is 0 Å². The minimum absolute atomic E-state index is 0.118. The molecule has 0 aromatic carbocycles. The number of piperidine rings is 1. The van der Waals surface area contributed by atoms with Gasteiger partial charge in [0.15, 0.2) is 0 Å². The zero-order valence-corrected chi connectivity index (χ0v) is 13.2. The molecule has 0 saturated carbocycles. The van der Waals surface area contributed by atoms with Crippen LogP contribution in [0, 0.1) is 0 Å². The molecule has 1 aliphatic heterocycles. The van der Waals surface area contributed by atoms with Crippen molar-refractivity contribution in [3.63, 3.8) is 0 Å². The molecule has 0 radical (unpaired) electrons. The summed E-state index contributed by atoms with van der Waals surface area (Å²) in [7, 11) is 1.91. The number of likely N-dealkylation sites (N-methyl/N-ethyl adjacent to an activating group) is 1. The molecule has 2 heterocycles. The lowest BCUT2D eigenvalue weighted by Gasteiger charge is -2.31. The van der Waals surface area contributed by atoms with Gasteiger partial charge in [-0.25, -0.2) is 0 Å². The molecular weight excluding hydrogens is 306 g/mol. The van der Waals surface area contributed by atoms with E-state index >= 15 is 0 Å². The number of aryl methyl sites for hydroxylation is 1. The number of halogens is 1. The van der Waals surface area contributed by atoms with Gasteiger partial charge in [-0.1, -0.05) is 6.92 Å². The lowest BCUT2D eigenvalue weighted by molar-refractivity contribution is 0.0697. The van der Waals surface area contributed by atoms with Crippen LogP contribution in [0.1, 0.15) is 36.7 Å². The topological polar surface area (TPSA) is 37.3 Å². The van der Waals surface area contributed by atoms with Crippen LogP contribution in [0.15, 0.2) is 16.7 Å². The van der Waals surface area contributed by atoms with Crippen LogP contribution in [-0.2, 0) is 6.54 Å². The summed E-state index contributed by atoms with van der Waals surface area (Å²) in [4.78, 5) is 14.5. The SMILES string of the molecule is CCCn1cc(Br)cc1C(=O)N(C)C1CCCNC1. The minimum Gasteiger partial charge on any atom is -0.342 e. The number of hydrogen-bond acceptors (Lipinski definition) is 2. The van der Waals surface area contributed by atoms with Crippen molar-refractivity contribution in [1.29, 1.82) is 0 Å². The molecule has 1 aliphatic rings. The first kappa shape index (κ1) is 14.6. The van der Waals surface area contributed by atoms with Crippen molar-refractivity contribution < 1.29 is 4.79 Å². The molecule has 0 aliphatic carbocycles. The third kappa shape index (κ3) is 3.39. The third-order valence-corrected chi connectivity index (χ3v) is 4.12. The van der Waals surface area contributed by atoms with Crippen LogP contribution >= 0.6 is 15.9 Å². The van der Waals surface area contributed by atoms with Gasteiger partial charge in [-0.15, -0.1) is 0 Å². The van der Waals surface area contributed by atoms with Gasteiger partial charge in [0.2, 0.25) is 0 Å². The van der Waals surface area contributed by atoms with Gasteiger partial charge in [-0.3, -0.25) is 4.79 Å². The molecule has 1 fully saturated rings. The molecule has 2 rings (SSSR count). The van der Waals surface area contributed by atoms with E-state index < -0.39 is 0 Å². The van der Waals surface area contributed by atoms with E-state index in [0.717, 1.165) is 49.1 Å². The molecule has 106 valence electrons. The Balaban J connectivity index is 2.13. The van der Waals surface area contributed by atoms with Crippen molar-refractivity contribution in [2.24, 2.45) is 0 Å². The van der Waals surface area contributed by atoms with Crippen molar-refractivity contribution >= 4 is 21.8 Å². The third-order valence-electron chi connectivity index (χ3n) is 3.69. The number of amides is 1. The van der Waals surface area contributed by atoms with Crippen molar-refractivity contribution in [2.45, 2.75) is 38.8 Å². The first-order chi connectivity index (χ1) is 9.13. The van der Waals surface area contributed by atoms with Crippen LogP contribution in [0.2, 0.25) is 0 Å². The quantitative estimate of drug-likeness (QED) is 0.922. The number of aromatic nitrogens is 1. The van der Waals surface area contributed by atoms with Crippen LogP contribution in [0.25, 0.3) is 0 Å². The lowest BCUT2D eigenvalue weighted by Crippen LogP contribution is -2.47. The van der Waals surface area contributed by atoms with E-state index in [1.807, 2.05) is 28.8 Å². The van der Waals surface area contributed by atoms with Crippen molar-refractivity contribution in [1.82, 2.24) is 14.8 Å². The molecule has 0 bridgehead atoms. The molecule has 1 aromatic heterocycles. The normalized spacial score (nSPS) is 19.4. The Labute approximate surface area is 123 Å². The molecule has 5 heteroatoms. The molecule has 4 nitrogen and oxygen atoms in total. The fourth-order valence-corrected chi connectivity index (χ4v) is 3.05. The fourth-order valence-electron chi connectivity index (χ4n) is 2.59. The summed E-state index contributed by atoms with van der Waals surface area (Å²) < 4.78 is 3.01. The standard InChI is InChI=1S/C14H22BrN3O/c1-3-7-18-10-11(15)8-13(18)14(19)17(2)12-5-4-6-16-9-12/h8,10,12,16H,3-7,9H2,1-2H3. The van der Waals surface area contributed by atoms with Crippen LogP contribution in [-0.4, -0.2) is 41.6 Å². The fraction of sp³-hybridized carbons (Fsp3) is 0.643. The summed E-state index contributed by atoms with van der Waals surface area (Å²) in [5.41, 5.74) is 0.779. The second-order valence-corrected chi connectivity index (χ2v) is 6.07. The Morgan fingerprint density at radius 3 is 3.05 bits per heavy atom. The van der Waals surface area contributed by atoms with E-state index in [9.17, 15) is 4.79 Å². The van der Waals surface area contributed by atoms with Gasteiger partial charge in [-0.2, -0.15) is 0 Å². The number of rotatable bonds is 4. The van der Waals surface area contributed by atoms with Crippen molar-refractivity contribution in [3.8, 4) is 0 Å². The largest absolute Gasteiger partial charge is 0.342 e. The molecule has 1 aromatic rings. The summed E-state index contributed by atoms with van der Waals surface area (Å²) in [6, 6.07) is 2.23. The summed E-state index contributed by atoms with van der Waals surface area (Å²) >= 11 is 3.46. The van der Waals surface area contributed by atoms with Crippen LogP contribution in [0.5, 0.6) is 0 Å². The van der Waals surface area contributed by atoms with Crippen LogP contribution < -0.4 is 5.32 Å². The molecule has 0 spiro atoms. The van der Waals surface area contributed by atoms with Gasteiger partial charge < -0.3 is 14.8 Å². The average Bonchev–Trinajstić information content (AvgIpc) is 2.79. The second kappa shape index (κ2) is 6.57. The molecule has 1 atom stereocenters. The molecule has 1 amide bonds. The Hall–Kier alpha value is -0.810. The number of nitrogens with zero attached hydrogens (tertiary/aromatic N) is 2. The van der Waals surface area contributed by atoms with Gasteiger partial charge in [0, 0.05) is 36.8 Å². The summed E-state index contributed by atoms with van der Waals surface area (Å²) in [6.45, 7) is 4.97. The van der Waals surface area contributed by atoms with Crippen LogP contribution in [0.4, 0.5) is 0 Å². The molecule has 1 N–H and O–H groups in total. The predicted molar refractivity (Wildman–Crippen MR) is 80.4 cm³/mol. The minimum atomic E-state index is 0.118. The number of nitrogens with one attached hydrogen (secondary N) is 1. The maximum Gasteiger partial charge on any atom is 0.270 e. The Morgan fingerprint density at radius 2 is 2.42 bits per heavy atom. The summed E-state index contributed by atoms with van der Waals surface area (Å²) in [5.74, 6) is 0.118. The highest BCUT2D eigenvalue weighted by molar-refractivity contribution is 9.10. The second-order valence-electron chi connectivity index (χ2n) is 5.15. The van der Waals surface area contributed by atoms with E-state index in [1.54, 1.807) is 0 Å². The van der Waals surface area contributed by atoms with E-state index in [1.165, 1.54) is 0 Å². The van der Waals surface area contributed by atoms with Gasteiger partial charge in [-0.05, 0) is 47.8 Å². The smallest absolute Gasteiger partial charge is 0.270 e. The summed E-state index contributed by atoms with van der Waals surface area (Å²) in [5, 5.41) is 3.36. The number of carbonyl (C=O) groups excluding carboxylic acids is 1. The van der Waals surface area contributed by atoms with Gasteiger partial charge in [0.1, 0.15) is 5.69 Å². The molecular formula is C14H22BrN3O. The molecule has 19 heavy (non-hydrogen) atoms. The highest BCUT2D eigenvalue weighted by atomic mass is 79.9. The van der Waals surface area contributed by atoms with Crippen molar-refractivity contribution in [2.75, 3.05) is 20.1 Å². The zero-order chi connectivity index (χ0) is 13.8. The maximum atomic E-state index is 12.6. The first-order valence-corrected chi connectivity index (χ1v) is 7.76. The van der Waals surface area contributed by atoms with Gasteiger partial charge in [0.05, 0.1) is 0 Å². The van der Waals surface area contributed by atoms with E-state index in [2.05, 4.69) is 28.2 Å². The predicted octanol–water partition coefficient (Wildman–Crippen LogP) is 2.48.